The second-order valence-corrected chi connectivity index (χ2v) is 2.35. The van der Waals surface area contributed by atoms with Crippen LogP contribution in [-0.4, -0.2) is 30.0 Å². The molecule has 1 saturated heterocycles. The first-order chi connectivity index (χ1) is 4.16. The Hall–Kier alpha value is -0.770. The molecular weight excluding hydrogens is 122 g/mol. The summed E-state index contributed by atoms with van der Waals surface area (Å²) in [5, 5.41) is 11.1. The second kappa shape index (κ2) is 1.88. The van der Waals surface area contributed by atoms with Crippen LogP contribution < -0.4 is 5.32 Å². The molecule has 52 valence electrons. The number of aliphatic hydroxyl groups is 1. The standard InChI is InChI=1S/C5H9NO3/c1-5(3-7)2-6-4(8)9-5/h7H,2-3H2,1H3,(H,6,8). The quantitative estimate of drug-likeness (QED) is 0.503. The third kappa shape index (κ3) is 1.13. The Balaban J connectivity index is 2.54. The molecule has 1 atom stereocenters. The first-order valence-corrected chi connectivity index (χ1v) is 2.74. The molecule has 1 heterocycles. The monoisotopic (exact) mass is 131 g/mol. The fourth-order valence-corrected chi connectivity index (χ4v) is 0.643. The molecule has 0 saturated carbocycles. The molecule has 0 aromatic rings. The normalized spacial score (nSPS) is 33.8. The molecule has 1 fully saturated rings. The molecule has 0 aromatic carbocycles. The van der Waals surface area contributed by atoms with Crippen molar-refractivity contribution in [2.24, 2.45) is 0 Å². The summed E-state index contributed by atoms with van der Waals surface area (Å²) in [6, 6.07) is 0. The van der Waals surface area contributed by atoms with Crippen molar-refractivity contribution in [1.29, 1.82) is 0 Å². The Kier molecular flexibility index (Phi) is 1.32. The average Bonchev–Trinajstić information content (AvgIpc) is 2.13. The fraction of sp³-hybridized carbons (Fsp3) is 0.800. The molecule has 1 amide bonds. The summed E-state index contributed by atoms with van der Waals surface area (Å²) in [4.78, 5) is 10.4. The third-order valence-corrected chi connectivity index (χ3v) is 1.28. The minimum atomic E-state index is -0.697. The van der Waals surface area contributed by atoms with Crippen molar-refractivity contribution in [3.05, 3.63) is 0 Å². The van der Waals surface area contributed by atoms with Crippen LogP contribution in [0.3, 0.4) is 0 Å². The molecule has 0 radical (unpaired) electrons. The maximum atomic E-state index is 10.4. The lowest BCUT2D eigenvalue weighted by molar-refractivity contribution is 0.0219. The predicted octanol–water partition coefficient (Wildman–Crippen LogP) is -0.523. The van der Waals surface area contributed by atoms with Crippen LogP contribution in [0.1, 0.15) is 6.92 Å². The SMILES string of the molecule is CC1(CO)CNC(=O)O1. The predicted molar refractivity (Wildman–Crippen MR) is 30.0 cm³/mol. The van der Waals surface area contributed by atoms with Crippen LogP contribution in [0.4, 0.5) is 4.79 Å². The van der Waals surface area contributed by atoms with Crippen molar-refractivity contribution in [3.63, 3.8) is 0 Å². The highest BCUT2D eigenvalue weighted by atomic mass is 16.6. The topological polar surface area (TPSA) is 58.6 Å². The van der Waals surface area contributed by atoms with E-state index in [1.54, 1.807) is 6.92 Å². The first kappa shape index (κ1) is 6.35. The Morgan fingerprint density at radius 3 is 2.89 bits per heavy atom. The Labute approximate surface area is 52.8 Å². The van der Waals surface area contributed by atoms with Crippen molar-refractivity contribution in [2.75, 3.05) is 13.2 Å². The molecule has 0 aliphatic carbocycles. The summed E-state index contributed by atoms with van der Waals surface area (Å²) in [5.41, 5.74) is -0.697. The summed E-state index contributed by atoms with van der Waals surface area (Å²) in [6.45, 7) is 1.93. The fourth-order valence-electron chi connectivity index (χ4n) is 0.643. The van der Waals surface area contributed by atoms with Gasteiger partial charge in [-0.3, -0.25) is 0 Å². The van der Waals surface area contributed by atoms with Crippen LogP contribution in [0.2, 0.25) is 0 Å². The van der Waals surface area contributed by atoms with Gasteiger partial charge in [-0.15, -0.1) is 0 Å². The van der Waals surface area contributed by atoms with Gasteiger partial charge < -0.3 is 15.2 Å². The second-order valence-electron chi connectivity index (χ2n) is 2.35. The van der Waals surface area contributed by atoms with Gasteiger partial charge in [-0.1, -0.05) is 0 Å². The summed E-state index contributed by atoms with van der Waals surface area (Å²) in [5.74, 6) is 0. The van der Waals surface area contributed by atoms with E-state index < -0.39 is 11.7 Å². The minimum Gasteiger partial charge on any atom is -0.439 e. The Bertz CT molecular complexity index is 136. The van der Waals surface area contributed by atoms with Crippen LogP contribution in [-0.2, 0) is 4.74 Å². The molecule has 9 heavy (non-hydrogen) atoms. The van der Waals surface area contributed by atoms with E-state index in [1.165, 1.54) is 0 Å². The summed E-state index contributed by atoms with van der Waals surface area (Å²) in [6.07, 6.45) is -0.452. The van der Waals surface area contributed by atoms with E-state index in [1.807, 2.05) is 0 Å². The van der Waals surface area contributed by atoms with Crippen molar-refractivity contribution in [3.8, 4) is 0 Å². The number of ether oxygens (including phenoxy) is 1. The highest BCUT2D eigenvalue weighted by Crippen LogP contribution is 2.12. The molecular formula is C5H9NO3. The van der Waals surface area contributed by atoms with E-state index in [0.717, 1.165) is 0 Å². The highest BCUT2D eigenvalue weighted by molar-refractivity contribution is 5.70. The zero-order chi connectivity index (χ0) is 6.91. The molecule has 0 bridgehead atoms. The number of aliphatic hydroxyl groups excluding tert-OH is 1. The largest absolute Gasteiger partial charge is 0.439 e. The van der Waals surface area contributed by atoms with Gasteiger partial charge in [-0.2, -0.15) is 0 Å². The van der Waals surface area contributed by atoms with Gasteiger partial charge in [0, 0.05) is 0 Å². The molecule has 2 N–H and O–H groups in total. The van der Waals surface area contributed by atoms with E-state index in [-0.39, 0.29) is 6.61 Å². The number of hydrogen-bond donors (Lipinski definition) is 2. The van der Waals surface area contributed by atoms with Gasteiger partial charge in [0.25, 0.3) is 0 Å². The number of nitrogens with one attached hydrogen (secondary N) is 1. The zero-order valence-corrected chi connectivity index (χ0v) is 5.18. The molecule has 1 aliphatic rings. The van der Waals surface area contributed by atoms with Crippen molar-refractivity contribution in [2.45, 2.75) is 12.5 Å². The lowest BCUT2D eigenvalue weighted by atomic mass is 10.1. The summed E-state index contributed by atoms with van der Waals surface area (Å²) < 4.78 is 4.70. The van der Waals surface area contributed by atoms with Gasteiger partial charge in [-0.05, 0) is 6.92 Å². The lowest BCUT2D eigenvalue weighted by Crippen LogP contribution is -2.33. The van der Waals surface area contributed by atoms with Gasteiger partial charge in [0.15, 0.2) is 5.60 Å². The molecule has 1 rings (SSSR count). The smallest absolute Gasteiger partial charge is 0.407 e. The first-order valence-electron chi connectivity index (χ1n) is 2.74. The average molecular weight is 131 g/mol. The minimum absolute atomic E-state index is 0.133. The molecule has 0 spiro atoms. The van der Waals surface area contributed by atoms with Crippen LogP contribution in [0.15, 0.2) is 0 Å². The number of carbonyl (C=O) groups excluding carboxylic acids is 1. The zero-order valence-electron chi connectivity index (χ0n) is 5.18. The van der Waals surface area contributed by atoms with Crippen LogP contribution in [0, 0.1) is 0 Å². The number of hydrogen-bond acceptors (Lipinski definition) is 3. The number of carbonyl (C=O) groups is 1. The maximum absolute atomic E-state index is 10.4. The summed E-state index contributed by atoms with van der Waals surface area (Å²) in [7, 11) is 0. The van der Waals surface area contributed by atoms with Crippen LogP contribution in [0.25, 0.3) is 0 Å². The maximum Gasteiger partial charge on any atom is 0.407 e. The number of alkyl carbamates (subject to hydrolysis) is 1. The molecule has 4 heteroatoms. The van der Waals surface area contributed by atoms with Gasteiger partial charge in [-0.25, -0.2) is 4.79 Å². The highest BCUT2D eigenvalue weighted by Gasteiger charge is 2.34. The Morgan fingerprint density at radius 2 is 2.67 bits per heavy atom. The van der Waals surface area contributed by atoms with E-state index in [0.29, 0.717) is 6.54 Å². The van der Waals surface area contributed by atoms with Gasteiger partial charge in [0.1, 0.15) is 0 Å². The van der Waals surface area contributed by atoms with E-state index in [4.69, 9.17) is 9.84 Å². The number of cyclic esters (lactones) is 1. The molecule has 0 aromatic heterocycles. The van der Waals surface area contributed by atoms with E-state index >= 15 is 0 Å². The molecule has 1 unspecified atom stereocenters. The van der Waals surface area contributed by atoms with E-state index in [2.05, 4.69) is 5.32 Å². The molecule has 1 aliphatic heterocycles. The third-order valence-electron chi connectivity index (χ3n) is 1.28. The lowest BCUT2D eigenvalue weighted by Gasteiger charge is -2.16. The van der Waals surface area contributed by atoms with Gasteiger partial charge >= 0.3 is 6.09 Å². The van der Waals surface area contributed by atoms with Crippen molar-refractivity contribution in [1.82, 2.24) is 5.32 Å². The van der Waals surface area contributed by atoms with Gasteiger partial charge in [0.2, 0.25) is 0 Å². The van der Waals surface area contributed by atoms with Crippen molar-refractivity contribution >= 4 is 6.09 Å². The van der Waals surface area contributed by atoms with Crippen molar-refractivity contribution < 1.29 is 14.6 Å². The van der Waals surface area contributed by atoms with Crippen LogP contribution >= 0.6 is 0 Å². The van der Waals surface area contributed by atoms with Gasteiger partial charge in [0.05, 0.1) is 13.2 Å². The van der Waals surface area contributed by atoms with Crippen LogP contribution in [0.5, 0.6) is 0 Å². The Morgan fingerprint density at radius 1 is 2.00 bits per heavy atom. The number of amides is 1. The van der Waals surface area contributed by atoms with E-state index in [9.17, 15) is 4.79 Å². The molecule has 4 nitrogen and oxygen atoms in total. The summed E-state index contributed by atoms with van der Waals surface area (Å²) >= 11 is 0. The number of rotatable bonds is 1.